The number of ether oxygens (including phenoxy) is 2. The van der Waals surface area contributed by atoms with Gasteiger partial charge in [0.1, 0.15) is 17.6 Å². The highest BCUT2D eigenvalue weighted by Gasteiger charge is 2.75. The maximum Gasteiger partial charge on any atom is 0.313 e. The van der Waals surface area contributed by atoms with Crippen LogP contribution in [0.2, 0.25) is 0 Å². The molecule has 6 atom stereocenters. The van der Waals surface area contributed by atoms with Gasteiger partial charge in [0, 0.05) is 12.1 Å². The van der Waals surface area contributed by atoms with Crippen molar-refractivity contribution in [2.24, 2.45) is 11.8 Å². The summed E-state index contributed by atoms with van der Waals surface area (Å²) in [6.45, 7) is 9.90. The molecule has 4 heterocycles. The zero-order valence-electron chi connectivity index (χ0n) is 20.2. The van der Waals surface area contributed by atoms with E-state index in [-0.39, 0.29) is 25.0 Å². The maximum atomic E-state index is 14.1. The quantitative estimate of drug-likeness (QED) is 0.510. The number of carbonyl (C=O) groups is 3. The Balaban J connectivity index is 1.92. The molecule has 1 N–H and O–H groups in total. The van der Waals surface area contributed by atoms with E-state index in [0.717, 1.165) is 6.42 Å². The highest BCUT2D eigenvalue weighted by Crippen LogP contribution is 2.57. The van der Waals surface area contributed by atoms with Crippen LogP contribution in [0.25, 0.3) is 0 Å². The number of carbonyl (C=O) groups excluding carboxylic acids is 3. The number of hydrogen-bond donors (Lipinski definition) is 1. The van der Waals surface area contributed by atoms with E-state index in [1.807, 2.05) is 52.0 Å². The molecule has 2 fully saturated rings. The molecule has 4 aliphatic heterocycles. The molecule has 0 bridgehead atoms. The highest BCUT2D eigenvalue weighted by atomic mass is 16.6. The number of aliphatic hydroxyl groups is 1. The minimum absolute atomic E-state index is 0.234. The van der Waals surface area contributed by atoms with Gasteiger partial charge < -0.3 is 24.4 Å². The van der Waals surface area contributed by atoms with Gasteiger partial charge in [-0.15, -0.1) is 0 Å². The molecule has 8 nitrogen and oxygen atoms in total. The van der Waals surface area contributed by atoms with Crippen molar-refractivity contribution >= 4 is 17.8 Å². The third-order valence-corrected chi connectivity index (χ3v) is 7.57. The molecule has 0 saturated carbocycles. The zero-order valence-corrected chi connectivity index (χ0v) is 20.2. The molecular formula is C25H36N2O6. The van der Waals surface area contributed by atoms with Crippen LogP contribution in [0, 0.1) is 11.8 Å². The molecule has 0 radical (unpaired) electrons. The SMILES string of the molecule is CC[C@@H](CO)N1C(=O)[C@@H]2[C@H]3C(=O)OCCC/C=C\[C@@]3(C)O[C@@]23C=CCN(C(C)(C)C)C(=O)C13. The summed E-state index contributed by atoms with van der Waals surface area (Å²) < 4.78 is 12.3. The van der Waals surface area contributed by atoms with Crippen LogP contribution < -0.4 is 0 Å². The van der Waals surface area contributed by atoms with Crippen LogP contribution in [0.1, 0.15) is 53.9 Å². The summed E-state index contributed by atoms with van der Waals surface area (Å²) in [4.78, 5) is 44.7. The Morgan fingerprint density at radius 3 is 2.52 bits per heavy atom. The monoisotopic (exact) mass is 460 g/mol. The second kappa shape index (κ2) is 8.24. The fourth-order valence-corrected chi connectivity index (χ4v) is 5.98. The van der Waals surface area contributed by atoms with Crippen LogP contribution in [0.4, 0.5) is 0 Å². The lowest BCUT2D eigenvalue weighted by molar-refractivity contribution is -0.162. The normalized spacial score (nSPS) is 38.5. The van der Waals surface area contributed by atoms with Gasteiger partial charge in [0.25, 0.3) is 0 Å². The van der Waals surface area contributed by atoms with E-state index in [1.54, 1.807) is 11.8 Å². The van der Waals surface area contributed by atoms with Crippen LogP contribution in [0.3, 0.4) is 0 Å². The minimum Gasteiger partial charge on any atom is -0.465 e. The number of fused-ring (bicyclic) bond motifs is 2. The molecule has 0 aromatic carbocycles. The van der Waals surface area contributed by atoms with Gasteiger partial charge in [-0.25, -0.2) is 0 Å². The first-order valence-electron chi connectivity index (χ1n) is 12.0. The molecule has 4 aliphatic rings. The smallest absolute Gasteiger partial charge is 0.313 e. The van der Waals surface area contributed by atoms with E-state index in [1.165, 1.54) is 4.90 Å². The van der Waals surface area contributed by atoms with Crippen molar-refractivity contribution in [1.82, 2.24) is 9.80 Å². The number of esters is 1. The maximum absolute atomic E-state index is 14.1. The second-order valence-electron chi connectivity index (χ2n) is 10.7. The predicted octanol–water partition coefficient (Wildman–Crippen LogP) is 1.82. The van der Waals surface area contributed by atoms with Crippen LogP contribution in [0.5, 0.6) is 0 Å². The highest BCUT2D eigenvalue weighted by molar-refractivity contribution is 5.99. The van der Waals surface area contributed by atoms with Gasteiger partial charge in [0.2, 0.25) is 11.8 Å². The lowest BCUT2D eigenvalue weighted by Gasteiger charge is -2.42. The van der Waals surface area contributed by atoms with E-state index in [9.17, 15) is 19.5 Å². The number of amides is 2. The largest absolute Gasteiger partial charge is 0.465 e. The number of hydrogen-bond acceptors (Lipinski definition) is 6. The molecule has 0 aromatic heterocycles. The van der Waals surface area contributed by atoms with E-state index in [4.69, 9.17) is 9.47 Å². The summed E-state index contributed by atoms with van der Waals surface area (Å²) in [5.74, 6) is -2.85. The van der Waals surface area contributed by atoms with Gasteiger partial charge in [0.05, 0.1) is 30.8 Å². The Labute approximate surface area is 195 Å². The first kappa shape index (κ1) is 24.0. The molecule has 1 spiro atoms. The molecule has 182 valence electrons. The first-order valence-corrected chi connectivity index (χ1v) is 12.0. The fraction of sp³-hybridized carbons (Fsp3) is 0.720. The summed E-state index contributed by atoms with van der Waals surface area (Å²) >= 11 is 0. The molecule has 4 rings (SSSR count). The van der Waals surface area contributed by atoms with Crippen molar-refractivity contribution in [3.05, 3.63) is 24.3 Å². The van der Waals surface area contributed by atoms with Gasteiger partial charge in [-0.2, -0.15) is 0 Å². The van der Waals surface area contributed by atoms with E-state index < -0.39 is 46.6 Å². The lowest BCUT2D eigenvalue weighted by Crippen LogP contribution is -2.61. The van der Waals surface area contributed by atoms with E-state index >= 15 is 0 Å². The third-order valence-electron chi connectivity index (χ3n) is 7.57. The number of likely N-dealkylation sites (tertiary alicyclic amines) is 1. The van der Waals surface area contributed by atoms with Gasteiger partial charge >= 0.3 is 5.97 Å². The molecule has 2 amide bonds. The Bertz CT molecular complexity index is 888. The Morgan fingerprint density at radius 1 is 1.15 bits per heavy atom. The number of cyclic esters (lactones) is 1. The summed E-state index contributed by atoms with van der Waals surface area (Å²) in [5, 5.41) is 10.1. The van der Waals surface area contributed by atoms with Crippen molar-refractivity contribution in [3.8, 4) is 0 Å². The number of allylic oxidation sites excluding steroid dienone is 1. The Hall–Kier alpha value is -2.19. The molecule has 2 saturated heterocycles. The molecule has 0 aromatic rings. The van der Waals surface area contributed by atoms with Gasteiger partial charge in [-0.05, 0) is 47.0 Å². The number of nitrogens with zero attached hydrogens (tertiary/aromatic N) is 2. The van der Waals surface area contributed by atoms with Crippen molar-refractivity contribution in [2.45, 2.75) is 82.7 Å². The summed E-state index contributed by atoms with van der Waals surface area (Å²) in [7, 11) is 0. The topological polar surface area (TPSA) is 96.4 Å². The van der Waals surface area contributed by atoms with Crippen LogP contribution in [-0.4, -0.2) is 81.3 Å². The summed E-state index contributed by atoms with van der Waals surface area (Å²) in [5.41, 5.74) is -2.89. The minimum atomic E-state index is -1.32. The average molecular weight is 461 g/mol. The standard InChI is InChI=1S/C25H36N2O6/c1-6-16(15-28)27-19-21(30)26(23(2,3)4)13-10-12-25(19)17(20(27)29)18-22(31)32-14-9-7-8-11-24(18,5)33-25/h8,10-12,16-19,28H,6-7,9,13-15H2,1-5H3/b11-8-/t16-,17-,18-,19?,24+,25-/m0/s1. The Kier molecular flexibility index (Phi) is 5.98. The van der Waals surface area contributed by atoms with Crippen molar-refractivity contribution < 1.29 is 29.0 Å². The van der Waals surface area contributed by atoms with Crippen molar-refractivity contribution in [1.29, 1.82) is 0 Å². The van der Waals surface area contributed by atoms with Gasteiger partial charge in [0.15, 0.2) is 0 Å². The molecule has 8 heteroatoms. The second-order valence-corrected chi connectivity index (χ2v) is 10.7. The average Bonchev–Trinajstić information content (AvgIpc) is 3.08. The van der Waals surface area contributed by atoms with E-state index in [2.05, 4.69) is 0 Å². The molecule has 1 unspecified atom stereocenters. The Morgan fingerprint density at radius 2 is 1.88 bits per heavy atom. The first-order chi connectivity index (χ1) is 15.5. The van der Waals surface area contributed by atoms with Crippen LogP contribution in [-0.2, 0) is 23.9 Å². The fourth-order valence-electron chi connectivity index (χ4n) is 5.98. The molecular weight excluding hydrogens is 424 g/mol. The van der Waals surface area contributed by atoms with Gasteiger partial charge in [-0.1, -0.05) is 31.2 Å². The molecule has 33 heavy (non-hydrogen) atoms. The lowest BCUT2D eigenvalue weighted by atomic mass is 9.74. The van der Waals surface area contributed by atoms with E-state index in [0.29, 0.717) is 19.4 Å². The van der Waals surface area contributed by atoms with Crippen molar-refractivity contribution in [3.63, 3.8) is 0 Å². The van der Waals surface area contributed by atoms with Crippen LogP contribution >= 0.6 is 0 Å². The van der Waals surface area contributed by atoms with Crippen molar-refractivity contribution in [2.75, 3.05) is 19.8 Å². The number of aliphatic hydroxyl groups excluding tert-OH is 1. The summed E-state index contributed by atoms with van der Waals surface area (Å²) in [6, 6.07) is -1.53. The summed E-state index contributed by atoms with van der Waals surface area (Å²) in [6.07, 6.45) is 9.42. The predicted molar refractivity (Wildman–Crippen MR) is 121 cm³/mol. The third kappa shape index (κ3) is 3.53. The zero-order chi connectivity index (χ0) is 24.2. The van der Waals surface area contributed by atoms with Crippen LogP contribution in [0.15, 0.2) is 24.3 Å². The number of rotatable bonds is 3. The molecule has 0 aliphatic carbocycles. The van der Waals surface area contributed by atoms with Gasteiger partial charge in [-0.3, -0.25) is 14.4 Å².